The van der Waals surface area contributed by atoms with E-state index in [0.29, 0.717) is 23.9 Å². The van der Waals surface area contributed by atoms with Gasteiger partial charge in [-0.15, -0.1) is 0 Å². The summed E-state index contributed by atoms with van der Waals surface area (Å²) in [6, 6.07) is 1.08. The van der Waals surface area contributed by atoms with Crippen molar-refractivity contribution in [3.63, 3.8) is 0 Å². The molecule has 0 aliphatic carbocycles. The number of aromatic nitrogens is 1. The molecule has 1 fully saturated rings. The highest BCUT2D eigenvalue weighted by molar-refractivity contribution is 7.07. The Labute approximate surface area is 119 Å². The van der Waals surface area contributed by atoms with E-state index in [0.717, 1.165) is 25.3 Å². The molecule has 2 unspecified atom stereocenters. The van der Waals surface area contributed by atoms with Crippen LogP contribution in [0, 0.1) is 11.8 Å². The van der Waals surface area contributed by atoms with Gasteiger partial charge in [-0.3, -0.25) is 9.69 Å². The van der Waals surface area contributed by atoms with Crippen LogP contribution < -0.4 is 10.2 Å². The summed E-state index contributed by atoms with van der Waals surface area (Å²) in [5, 5.41) is 5.61. The molecule has 2 atom stereocenters. The van der Waals surface area contributed by atoms with Crippen molar-refractivity contribution in [2.24, 2.45) is 11.8 Å². The fourth-order valence-corrected chi connectivity index (χ4v) is 3.32. The first-order valence-corrected chi connectivity index (χ1v) is 7.99. The lowest BCUT2D eigenvalue weighted by molar-refractivity contribution is 0.0773. The van der Waals surface area contributed by atoms with Crippen LogP contribution in [0.5, 0.6) is 0 Å². The van der Waals surface area contributed by atoms with Gasteiger partial charge in [-0.25, -0.2) is 0 Å². The first kappa shape index (κ1) is 14.8. The summed E-state index contributed by atoms with van der Waals surface area (Å²) in [6.07, 6.45) is 0. The SMILES string of the molecule is CC(C)C1CN(Cc2csc(=O)[nH]2)C(C(C)C)CN1. The maximum absolute atomic E-state index is 11.3. The van der Waals surface area contributed by atoms with Crippen LogP contribution in [0.1, 0.15) is 33.4 Å². The molecule has 1 aromatic heterocycles. The lowest BCUT2D eigenvalue weighted by Gasteiger charge is -2.43. The van der Waals surface area contributed by atoms with Gasteiger partial charge in [0.25, 0.3) is 0 Å². The number of nitrogens with one attached hydrogen (secondary N) is 2. The fraction of sp³-hybridized carbons (Fsp3) is 0.786. The summed E-state index contributed by atoms with van der Waals surface area (Å²) in [5.41, 5.74) is 1.05. The molecular weight excluding hydrogens is 258 g/mol. The summed E-state index contributed by atoms with van der Waals surface area (Å²) < 4.78 is 0. The quantitative estimate of drug-likeness (QED) is 0.887. The van der Waals surface area contributed by atoms with E-state index in [2.05, 4.69) is 42.9 Å². The second-order valence-corrected chi connectivity index (χ2v) is 7.02. The smallest absolute Gasteiger partial charge is 0.304 e. The summed E-state index contributed by atoms with van der Waals surface area (Å²) in [6.45, 7) is 12.0. The van der Waals surface area contributed by atoms with E-state index in [4.69, 9.17) is 0 Å². The molecule has 0 bridgehead atoms. The fourth-order valence-electron chi connectivity index (χ4n) is 2.75. The standard InChI is InChI=1S/C14H25N3OS/c1-9(2)12-7-17(13(5-15-12)10(3)4)6-11-8-19-14(18)16-11/h8-10,12-13,15H,5-7H2,1-4H3,(H,16,18). The third-order valence-corrected chi connectivity index (χ3v) is 4.73. The monoisotopic (exact) mass is 283 g/mol. The number of hydrogen-bond donors (Lipinski definition) is 2. The van der Waals surface area contributed by atoms with Gasteiger partial charge in [0.2, 0.25) is 0 Å². The van der Waals surface area contributed by atoms with Crippen molar-refractivity contribution >= 4 is 11.3 Å². The van der Waals surface area contributed by atoms with Crippen LogP contribution in [0.2, 0.25) is 0 Å². The van der Waals surface area contributed by atoms with E-state index in [1.807, 2.05) is 5.38 Å². The first-order chi connectivity index (χ1) is 8.97. The molecule has 0 amide bonds. The third-order valence-electron chi connectivity index (χ3n) is 4.01. The second kappa shape index (κ2) is 6.20. The molecule has 0 radical (unpaired) electrons. The zero-order chi connectivity index (χ0) is 14.0. The number of piperazine rings is 1. The highest BCUT2D eigenvalue weighted by Crippen LogP contribution is 2.20. The maximum atomic E-state index is 11.3. The van der Waals surface area contributed by atoms with Crippen LogP contribution in [0.3, 0.4) is 0 Å². The van der Waals surface area contributed by atoms with E-state index in [-0.39, 0.29) is 4.87 Å². The number of aromatic amines is 1. The van der Waals surface area contributed by atoms with Crippen molar-refractivity contribution in [1.29, 1.82) is 0 Å². The minimum atomic E-state index is 0.0478. The van der Waals surface area contributed by atoms with Gasteiger partial charge >= 0.3 is 4.87 Å². The van der Waals surface area contributed by atoms with Crippen molar-refractivity contribution in [3.05, 3.63) is 20.7 Å². The van der Waals surface area contributed by atoms with Gasteiger partial charge in [-0.1, -0.05) is 39.0 Å². The lowest BCUT2D eigenvalue weighted by Crippen LogP contribution is -2.59. The van der Waals surface area contributed by atoms with Crippen LogP contribution >= 0.6 is 11.3 Å². The van der Waals surface area contributed by atoms with Crippen LogP contribution in [0.25, 0.3) is 0 Å². The number of rotatable bonds is 4. The summed E-state index contributed by atoms with van der Waals surface area (Å²) in [4.78, 5) is 16.7. The Morgan fingerprint density at radius 1 is 1.37 bits per heavy atom. The molecule has 0 saturated carbocycles. The minimum Gasteiger partial charge on any atom is -0.315 e. The Kier molecular flexibility index (Phi) is 4.81. The van der Waals surface area contributed by atoms with Gasteiger partial charge in [0.15, 0.2) is 0 Å². The van der Waals surface area contributed by atoms with Crippen molar-refractivity contribution < 1.29 is 0 Å². The average Bonchev–Trinajstić information content (AvgIpc) is 2.74. The van der Waals surface area contributed by atoms with E-state index in [1.165, 1.54) is 11.3 Å². The second-order valence-electron chi connectivity index (χ2n) is 6.17. The van der Waals surface area contributed by atoms with Gasteiger partial charge in [0.05, 0.1) is 0 Å². The Hall–Kier alpha value is -0.650. The molecule has 2 heterocycles. The molecule has 108 valence electrons. The van der Waals surface area contributed by atoms with Crippen molar-refractivity contribution in [2.45, 2.75) is 46.3 Å². The average molecular weight is 283 g/mol. The number of H-pyrrole nitrogens is 1. The Morgan fingerprint density at radius 3 is 2.63 bits per heavy atom. The molecule has 2 rings (SSSR count). The Bertz CT molecular complexity index is 452. The Balaban J connectivity index is 2.09. The molecule has 0 aromatic carbocycles. The molecule has 4 nitrogen and oxygen atoms in total. The number of nitrogens with zero attached hydrogens (tertiary/aromatic N) is 1. The van der Waals surface area contributed by atoms with E-state index < -0.39 is 0 Å². The number of hydrogen-bond acceptors (Lipinski definition) is 4. The van der Waals surface area contributed by atoms with Crippen molar-refractivity contribution in [1.82, 2.24) is 15.2 Å². The molecule has 5 heteroatoms. The predicted molar refractivity (Wildman–Crippen MR) is 80.6 cm³/mol. The molecule has 1 aliphatic heterocycles. The highest BCUT2D eigenvalue weighted by atomic mass is 32.1. The largest absolute Gasteiger partial charge is 0.315 e. The van der Waals surface area contributed by atoms with Crippen molar-refractivity contribution in [3.8, 4) is 0 Å². The normalized spacial score (nSPS) is 25.4. The molecule has 19 heavy (non-hydrogen) atoms. The zero-order valence-electron chi connectivity index (χ0n) is 12.3. The molecule has 0 spiro atoms. The van der Waals surface area contributed by atoms with Crippen LogP contribution in [-0.4, -0.2) is 35.1 Å². The van der Waals surface area contributed by atoms with Crippen LogP contribution in [0.15, 0.2) is 10.2 Å². The summed E-state index contributed by atoms with van der Waals surface area (Å²) >= 11 is 1.26. The minimum absolute atomic E-state index is 0.0478. The Morgan fingerprint density at radius 2 is 2.11 bits per heavy atom. The first-order valence-electron chi connectivity index (χ1n) is 7.11. The van der Waals surface area contributed by atoms with Crippen LogP contribution in [0.4, 0.5) is 0 Å². The van der Waals surface area contributed by atoms with Gasteiger partial charge in [-0.2, -0.15) is 0 Å². The summed E-state index contributed by atoms with van der Waals surface area (Å²) in [5.74, 6) is 1.25. The molecule has 1 aromatic rings. The van der Waals surface area contributed by atoms with Gasteiger partial charge < -0.3 is 10.3 Å². The van der Waals surface area contributed by atoms with Gasteiger partial charge in [0.1, 0.15) is 0 Å². The molecular formula is C14H25N3OS. The molecule has 1 aliphatic rings. The third kappa shape index (κ3) is 3.68. The number of thiazole rings is 1. The zero-order valence-corrected chi connectivity index (χ0v) is 13.1. The topological polar surface area (TPSA) is 48.1 Å². The van der Waals surface area contributed by atoms with Gasteiger partial charge in [0, 0.05) is 42.8 Å². The van der Waals surface area contributed by atoms with E-state index >= 15 is 0 Å². The maximum Gasteiger partial charge on any atom is 0.304 e. The van der Waals surface area contributed by atoms with Crippen LogP contribution in [-0.2, 0) is 6.54 Å². The highest BCUT2D eigenvalue weighted by Gasteiger charge is 2.31. The predicted octanol–water partition coefficient (Wildman–Crippen LogP) is 1.89. The summed E-state index contributed by atoms with van der Waals surface area (Å²) in [7, 11) is 0. The van der Waals surface area contributed by atoms with E-state index in [9.17, 15) is 4.79 Å². The molecule has 2 N–H and O–H groups in total. The van der Waals surface area contributed by atoms with Crippen molar-refractivity contribution in [2.75, 3.05) is 13.1 Å². The van der Waals surface area contributed by atoms with Gasteiger partial charge in [-0.05, 0) is 11.8 Å². The lowest BCUT2D eigenvalue weighted by atomic mass is 9.94. The molecule has 1 saturated heterocycles. The van der Waals surface area contributed by atoms with E-state index in [1.54, 1.807) is 0 Å².